The molecule has 0 heterocycles. The minimum Gasteiger partial charge on any atom is -0.497 e. The highest BCUT2D eigenvalue weighted by atomic mass is 19.1. The van der Waals surface area contributed by atoms with Gasteiger partial charge in [0.1, 0.15) is 11.6 Å². The van der Waals surface area contributed by atoms with Gasteiger partial charge in [-0.3, -0.25) is 4.79 Å². The van der Waals surface area contributed by atoms with Crippen molar-refractivity contribution in [3.63, 3.8) is 0 Å². The first kappa shape index (κ1) is 16.5. The van der Waals surface area contributed by atoms with Crippen LogP contribution in [-0.2, 0) is 4.79 Å². The Bertz CT molecular complexity index is 717. The highest BCUT2D eigenvalue weighted by molar-refractivity contribution is 5.83. The number of ether oxygens (including phenoxy) is 1. The zero-order valence-electron chi connectivity index (χ0n) is 13.4. The third-order valence-electron chi connectivity index (χ3n) is 4.42. The van der Waals surface area contributed by atoms with Crippen LogP contribution in [-0.4, -0.2) is 24.7 Å². The van der Waals surface area contributed by atoms with Crippen molar-refractivity contribution in [2.75, 3.05) is 13.7 Å². The second kappa shape index (κ2) is 7.01. The number of carbonyl (C=O) groups excluding carboxylic acids is 1. The van der Waals surface area contributed by atoms with Gasteiger partial charge in [0.25, 0.3) is 0 Å². The van der Waals surface area contributed by atoms with Crippen LogP contribution in [0.25, 0.3) is 0 Å². The molecular formula is C19H20FNO3. The number of hydrogen-bond acceptors (Lipinski definition) is 3. The van der Waals surface area contributed by atoms with Crippen LogP contribution in [0.2, 0.25) is 0 Å². The maximum atomic E-state index is 13.3. The summed E-state index contributed by atoms with van der Waals surface area (Å²) in [7, 11) is 1.58. The van der Waals surface area contributed by atoms with Gasteiger partial charge in [0.05, 0.1) is 19.8 Å². The van der Waals surface area contributed by atoms with Gasteiger partial charge < -0.3 is 15.2 Å². The summed E-state index contributed by atoms with van der Waals surface area (Å²) in [5.41, 5.74) is 1.66. The third kappa shape index (κ3) is 3.57. The average molecular weight is 329 g/mol. The van der Waals surface area contributed by atoms with Crippen LogP contribution in [0.5, 0.6) is 5.75 Å². The molecule has 1 aliphatic rings. The van der Waals surface area contributed by atoms with Gasteiger partial charge in [-0.25, -0.2) is 4.39 Å². The van der Waals surface area contributed by atoms with Crippen molar-refractivity contribution in [1.29, 1.82) is 0 Å². The second-order valence-electron chi connectivity index (χ2n) is 6.02. The van der Waals surface area contributed by atoms with Gasteiger partial charge in [0, 0.05) is 5.92 Å². The lowest BCUT2D eigenvalue weighted by molar-refractivity contribution is -0.123. The largest absolute Gasteiger partial charge is 0.497 e. The molecule has 0 aliphatic heterocycles. The van der Waals surface area contributed by atoms with Crippen LogP contribution in [0.15, 0.2) is 48.5 Å². The number of halogens is 1. The Kier molecular flexibility index (Phi) is 4.81. The fourth-order valence-electron chi connectivity index (χ4n) is 2.94. The van der Waals surface area contributed by atoms with E-state index in [0.717, 1.165) is 16.9 Å². The zero-order valence-corrected chi connectivity index (χ0v) is 13.4. The van der Waals surface area contributed by atoms with E-state index >= 15 is 0 Å². The number of methoxy groups -OCH3 is 1. The Morgan fingerprint density at radius 2 is 2.08 bits per heavy atom. The summed E-state index contributed by atoms with van der Waals surface area (Å²) in [6.07, 6.45) is 0.704. The van der Waals surface area contributed by atoms with E-state index in [4.69, 9.17) is 4.74 Å². The molecule has 0 radical (unpaired) electrons. The van der Waals surface area contributed by atoms with Gasteiger partial charge in [-0.15, -0.1) is 0 Å². The van der Waals surface area contributed by atoms with Gasteiger partial charge >= 0.3 is 0 Å². The number of aliphatic hydroxyl groups is 1. The summed E-state index contributed by atoms with van der Waals surface area (Å²) in [5, 5.41) is 12.5. The molecule has 0 saturated heterocycles. The number of aliphatic hydroxyl groups excluding tert-OH is 1. The molecule has 2 N–H and O–H groups in total. The number of carbonyl (C=O) groups is 1. The average Bonchev–Trinajstić information content (AvgIpc) is 3.40. The number of benzene rings is 2. The van der Waals surface area contributed by atoms with Crippen LogP contribution < -0.4 is 10.1 Å². The topological polar surface area (TPSA) is 58.6 Å². The lowest BCUT2D eigenvalue weighted by atomic mass is 10.1. The highest BCUT2D eigenvalue weighted by Gasteiger charge is 2.44. The van der Waals surface area contributed by atoms with Crippen LogP contribution in [0.1, 0.15) is 29.5 Å². The lowest BCUT2D eigenvalue weighted by Crippen LogP contribution is -2.32. The maximum absolute atomic E-state index is 13.3. The van der Waals surface area contributed by atoms with Crippen LogP contribution in [0.4, 0.5) is 4.39 Å². The molecule has 4 nitrogen and oxygen atoms in total. The molecule has 3 rings (SSSR count). The summed E-state index contributed by atoms with van der Waals surface area (Å²) < 4.78 is 18.4. The highest BCUT2D eigenvalue weighted by Crippen LogP contribution is 2.47. The molecule has 126 valence electrons. The van der Waals surface area contributed by atoms with E-state index in [1.54, 1.807) is 25.3 Å². The molecule has 1 saturated carbocycles. The molecule has 1 fully saturated rings. The first-order valence-corrected chi connectivity index (χ1v) is 7.93. The zero-order chi connectivity index (χ0) is 17.1. The molecule has 0 aromatic heterocycles. The Hall–Kier alpha value is -2.40. The summed E-state index contributed by atoms with van der Waals surface area (Å²) in [6.45, 7) is -0.185. The van der Waals surface area contributed by atoms with Gasteiger partial charge in [-0.05, 0) is 47.7 Å². The van der Waals surface area contributed by atoms with Crippen molar-refractivity contribution < 1.29 is 19.0 Å². The number of rotatable bonds is 6. The summed E-state index contributed by atoms with van der Waals surface area (Å²) >= 11 is 0. The minimum atomic E-state index is -0.461. The van der Waals surface area contributed by atoms with Gasteiger partial charge in [-0.1, -0.05) is 24.3 Å². The molecule has 1 amide bonds. The van der Waals surface area contributed by atoms with Crippen molar-refractivity contribution in [3.8, 4) is 5.75 Å². The molecule has 3 atom stereocenters. The van der Waals surface area contributed by atoms with E-state index in [2.05, 4.69) is 5.32 Å². The molecule has 0 spiro atoms. The number of hydrogen-bond donors (Lipinski definition) is 2. The van der Waals surface area contributed by atoms with E-state index in [1.165, 1.54) is 12.1 Å². The Morgan fingerprint density at radius 3 is 2.71 bits per heavy atom. The van der Waals surface area contributed by atoms with E-state index in [1.807, 2.05) is 18.2 Å². The predicted molar refractivity (Wildman–Crippen MR) is 88.2 cm³/mol. The van der Waals surface area contributed by atoms with Crippen molar-refractivity contribution in [1.82, 2.24) is 5.32 Å². The second-order valence-corrected chi connectivity index (χ2v) is 6.02. The number of nitrogens with one attached hydrogen (secondary N) is 1. The van der Waals surface area contributed by atoms with Crippen molar-refractivity contribution in [2.24, 2.45) is 5.92 Å². The third-order valence-corrected chi connectivity index (χ3v) is 4.42. The fraction of sp³-hybridized carbons (Fsp3) is 0.316. The molecule has 2 aromatic rings. The fourth-order valence-corrected chi connectivity index (χ4v) is 2.94. The summed E-state index contributed by atoms with van der Waals surface area (Å²) in [4.78, 5) is 12.4. The Labute approximate surface area is 140 Å². The molecule has 0 bridgehead atoms. The van der Waals surface area contributed by atoms with Crippen LogP contribution in [0.3, 0.4) is 0 Å². The standard InChI is InChI=1S/C19H20FNO3/c1-24-15-7-5-12(6-8-15)18(11-22)21-19(23)17-10-16(17)13-3-2-4-14(20)9-13/h2-9,16-18,22H,10-11H2,1H3,(H,21,23). The number of amides is 1. The van der Waals surface area contributed by atoms with Gasteiger partial charge in [0.2, 0.25) is 5.91 Å². The van der Waals surface area contributed by atoms with Crippen LogP contribution in [0, 0.1) is 11.7 Å². The van der Waals surface area contributed by atoms with Crippen molar-refractivity contribution >= 4 is 5.91 Å². The summed E-state index contributed by atoms with van der Waals surface area (Å²) in [5.74, 6) is 0.203. The van der Waals surface area contributed by atoms with Gasteiger partial charge in [-0.2, -0.15) is 0 Å². The molecule has 24 heavy (non-hydrogen) atoms. The van der Waals surface area contributed by atoms with E-state index in [-0.39, 0.29) is 30.2 Å². The smallest absolute Gasteiger partial charge is 0.224 e. The van der Waals surface area contributed by atoms with Crippen LogP contribution >= 0.6 is 0 Å². The first-order valence-electron chi connectivity index (χ1n) is 7.93. The maximum Gasteiger partial charge on any atom is 0.224 e. The first-order chi connectivity index (χ1) is 11.6. The molecule has 2 aromatic carbocycles. The Morgan fingerprint density at radius 1 is 1.33 bits per heavy atom. The Balaban J connectivity index is 1.63. The van der Waals surface area contributed by atoms with E-state index < -0.39 is 6.04 Å². The normalized spacial score (nSPS) is 20.3. The minimum absolute atomic E-state index is 0.0518. The lowest BCUT2D eigenvalue weighted by Gasteiger charge is -2.17. The van der Waals surface area contributed by atoms with Gasteiger partial charge in [0.15, 0.2) is 0 Å². The molecular weight excluding hydrogens is 309 g/mol. The molecule has 1 aliphatic carbocycles. The summed E-state index contributed by atoms with van der Waals surface area (Å²) in [6, 6.07) is 13.1. The predicted octanol–water partition coefficient (Wildman–Crippen LogP) is 2.79. The van der Waals surface area contributed by atoms with Crippen molar-refractivity contribution in [2.45, 2.75) is 18.4 Å². The van der Waals surface area contributed by atoms with E-state index in [0.29, 0.717) is 6.42 Å². The quantitative estimate of drug-likeness (QED) is 0.857. The van der Waals surface area contributed by atoms with E-state index in [9.17, 15) is 14.3 Å². The monoisotopic (exact) mass is 329 g/mol. The van der Waals surface area contributed by atoms with Crippen molar-refractivity contribution in [3.05, 3.63) is 65.5 Å². The molecule has 3 unspecified atom stereocenters. The molecule has 5 heteroatoms. The SMILES string of the molecule is COc1ccc(C(CO)NC(=O)C2CC2c2cccc(F)c2)cc1.